The molecule has 0 fully saturated rings. The number of aryl methyl sites for hydroxylation is 2. The summed E-state index contributed by atoms with van der Waals surface area (Å²) in [5, 5.41) is 14.0. The Morgan fingerprint density at radius 1 is 0.968 bits per heavy atom. The van der Waals surface area contributed by atoms with Crippen molar-refractivity contribution in [2.45, 2.75) is 24.5 Å². The van der Waals surface area contributed by atoms with Crippen LogP contribution in [-0.4, -0.2) is 8.42 Å². The molecular formula is C24H21ClN2O2S2. The molecule has 158 valence electrons. The van der Waals surface area contributed by atoms with Crippen LogP contribution in [0.25, 0.3) is 0 Å². The molecule has 4 nitrogen and oxygen atoms in total. The van der Waals surface area contributed by atoms with Gasteiger partial charge in [0, 0.05) is 16.5 Å². The monoisotopic (exact) mass is 468 g/mol. The Labute approximate surface area is 192 Å². The van der Waals surface area contributed by atoms with Crippen LogP contribution in [0.5, 0.6) is 0 Å². The minimum atomic E-state index is -4.01. The summed E-state index contributed by atoms with van der Waals surface area (Å²) >= 11 is 7.52. The summed E-state index contributed by atoms with van der Waals surface area (Å²) in [6.07, 6.45) is 0. The molecule has 0 amide bonds. The second-order valence-electron chi connectivity index (χ2n) is 6.86. The van der Waals surface area contributed by atoms with Crippen LogP contribution in [0, 0.1) is 25.2 Å². The Morgan fingerprint density at radius 3 is 2.19 bits per heavy atom. The van der Waals surface area contributed by atoms with E-state index in [9.17, 15) is 13.7 Å². The molecule has 0 aliphatic rings. The van der Waals surface area contributed by atoms with Crippen LogP contribution in [0.1, 0.15) is 16.7 Å². The summed E-state index contributed by atoms with van der Waals surface area (Å²) in [7, 11) is -4.01. The number of halogens is 1. The van der Waals surface area contributed by atoms with Crippen molar-refractivity contribution in [1.29, 1.82) is 5.26 Å². The van der Waals surface area contributed by atoms with Gasteiger partial charge < -0.3 is 5.32 Å². The second kappa shape index (κ2) is 10.1. The highest BCUT2D eigenvalue weighted by atomic mass is 35.5. The summed E-state index contributed by atoms with van der Waals surface area (Å²) < 4.78 is 26.6. The number of nitrogens with zero attached hydrogens (tertiary/aromatic N) is 1. The van der Waals surface area contributed by atoms with Gasteiger partial charge in [0.05, 0.1) is 4.90 Å². The average Bonchev–Trinajstić information content (AvgIpc) is 2.76. The van der Waals surface area contributed by atoms with Crippen molar-refractivity contribution < 1.29 is 8.42 Å². The van der Waals surface area contributed by atoms with Gasteiger partial charge in [-0.3, -0.25) is 0 Å². The summed E-state index contributed by atoms with van der Waals surface area (Å²) in [6, 6.07) is 23.1. The molecule has 3 aromatic carbocycles. The molecule has 0 aliphatic heterocycles. The maximum Gasteiger partial charge on any atom is 0.219 e. The SMILES string of the molecule is Cc1cccc(C)c1N/C(SCc1ccccc1Cl)=C(/C#N)S(=O)(=O)c1ccccc1. The molecule has 7 heteroatoms. The van der Waals surface area contributed by atoms with E-state index < -0.39 is 9.84 Å². The quantitative estimate of drug-likeness (QED) is 0.402. The van der Waals surface area contributed by atoms with Crippen LogP contribution >= 0.6 is 23.4 Å². The molecule has 0 radical (unpaired) electrons. The summed E-state index contributed by atoms with van der Waals surface area (Å²) in [6.45, 7) is 3.87. The van der Waals surface area contributed by atoms with Crippen LogP contribution in [0.15, 0.2) is 87.6 Å². The number of hydrogen-bond acceptors (Lipinski definition) is 5. The Balaban J connectivity index is 2.11. The van der Waals surface area contributed by atoms with E-state index in [-0.39, 0.29) is 14.8 Å². The first-order valence-electron chi connectivity index (χ1n) is 9.48. The summed E-state index contributed by atoms with van der Waals surface area (Å²) in [5.41, 5.74) is 3.53. The molecule has 1 N–H and O–H groups in total. The van der Waals surface area contributed by atoms with Gasteiger partial charge in [0.1, 0.15) is 11.1 Å². The summed E-state index contributed by atoms with van der Waals surface area (Å²) in [5.74, 6) is 0.405. The van der Waals surface area contributed by atoms with Gasteiger partial charge in [-0.2, -0.15) is 5.26 Å². The second-order valence-corrected chi connectivity index (χ2v) is 10.1. The van der Waals surface area contributed by atoms with E-state index in [2.05, 4.69) is 5.32 Å². The van der Waals surface area contributed by atoms with Gasteiger partial charge >= 0.3 is 0 Å². The lowest BCUT2D eigenvalue weighted by Gasteiger charge is -2.17. The van der Waals surface area contributed by atoms with Crippen molar-refractivity contribution in [2.75, 3.05) is 5.32 Å². The normalized spacial score (nSPS) is 12.1. The van der Waals surface area contributed by atoms with Crippen LogP contribution in [0.3, 0.4) is 0 Å². The zero-order chi connectivity index (χ0) is 22.4. The number of nitriles is 1. The van der Waals surface area contributed by atoms with Crippen LogP contribution < -0.4 is 5.32 Å². The Morgan fingerprint density at radius 2 is 1.58 bits per heavy atom. The largest absolute Gasteiger partial charge is 0.348 e. The smallest absolute Gasteiger partial charge is 0.219 e. The van der Waals surface area contributed by atoms with Crippen LogP contribution in [-0.2, 0) is 15.6 Å². The van der Waals surface area contributed by atoms with E-state index >= 15 is 0 Å². The van der Waals surface area contributed by atoms with Crippen molar-refractivity contribution in [3.05, 3.63) is 104 Å². The molecule has 0 heterocycles. The molecule has 3 rings (SSSR count). The third-order valence-corrected chi connectivity index (χ3v) is 7.95. The molecule has 0 bridgehead atoms. The van der Waals surface area contributed by atoms with Gasteiger partial charge in [-0.05, 0) is 48.7 Å². The minimum Gasteiger partial charge on any atom is -0.348 e. The minimum absolute atomic E-state index is 0.0747. The first-order chi connectivity index (χ1) is 14.8. The van der Waals surface area contributed by atoms with Crippen molar-refractivity contribution in [1.82, 2.24) is 0 Å². The number of hydrogen-bond donors (Lipinski definition) is 1. The third kappa shape index (κ3) is 5.31. The number of benzene rings is 3. The van der Waals surface area contributed by atoms with Gasteiger partial charge in [0.2, 0.25) is 9.84 Å². The lowest BCUT2D eigenvalue weighted by molar-refractivity contribution is 0.603. The predicted octanol–water partition coefficient (Wildman–Crippen LogP) is 6.47. The Hall–Kier alpha value is -2.72. The fraction of sp³-hybridized carbons (Fsp3) is 0.125. The van der Waals surface area contributed by atoms with E-state index in [1.54, 1.807) is 24.3 Å². The molecule has 0 saturated heterocycles. The highest BCUT2D eigenvalue weighted by Crippen LogP contribution is 2.34. The maximum atomic E-state index is 13.3. The third-order valence-electron chi connectivity index (χ3n) is 4.68. The van der Waals surface area contributed by atoms with Gasteiger partial charge in [-0.25, -0.2) is 8.42 Å². The molecule has 0 aromatic heterocycles. The predicted molar refractivity (Wildman–Crippen MR) is 129 cm³/mol. The van der Waals surface area contributed by atoms with Crippen LogP contribution in [0.4, 0.5) is 5.69 Å². The molecule has 0 saturated carbocycles. The van der Waals surface area contributed by atoms with Crippen LogP contribution in [0.2, 0.25) is 5.02 Å². The number of allylic oxidation sites excluding steroid dienone is 1. The Bertz CT molecular complexity index is 1240. The van der Waals surface area contributed by atoms with E-state index in [4.69, 9.17) is 11.6 Å². The van der Waals surface area contributed by atoms with E-state index in [0.29, 0.717) is 10.8 Å². The Kier molecular flexibility index (Phi) is 7.45. The number of thioether (sulfide) groups is 1. The fourth-order valence-corrected chi connectivity index (χ4v) is 5.86. The topological polar surface area (TPSA) is 70.0 Å². The van der Waals surface area contributed by atoms with Gasteiger partial charge in [0.25, 0.3) is 0 Å². The molecule has 3 aromatic rings. The first-order valence-corrected chi connectivity index (χ1v) is 12.3. The highest BCUT2D eigenvalue weighted by Gasteiger charge is 2.26. The first kappa shape index (κ1) is 23.0. The molecular weight excluding hydrogens is 448 g/mol. The lowest BCUT2D eigenvalue weighted by Crippen LogP contribution is -2.11. The highest BCUT2D eigenvalue weighted by molar-refractivity contribution is 8.04. The summed E-state index contributed by atoms with van der Waals surface area (Å²) in [4.78, 5) is -0.246. The molecule has 31 heavy (non-hydrogen) atoms. The zero-order valence-electron chi connectivity index (χ0n) is 17.1. The van der Waals surface area contributed by atoms with E-state index in [1.807, 2.05) is 56.3 Å². The number of nitrogens with one attached hydrogen (secondary N) is 1. The lowest BCUT2D eigenvalue weighted by atomic mass is 10.1. The molecule has 0 spiro atoms. The number of sulfone groups is 1. The fourth-order valence-electron chi connectivity index (χ4n) is 3.00. The van der Waals surface area contributed by atoms with Gasteiger partial charge in [-0.1, -0.05) is 66.2 Å². The van der Waals surface area contributed by atoms with E-state index in [0.717, 1.165) is 22.4 Å². The van der Waals surface area contributed by atoms with Gasteiger partial charge in [0.15, 0.2) is 4.91 Å². The zero-order valence-corrected chi connectivity index (χ0v) is 19.5. The standard InChI is InChI=1S/C24H21ClN2O2S2/c1-17-9-8-10-18(2)23(17)27-24(30-16-19-11-6-7-14-21(19)25)22(15-26)31(28,29)20-12-4-3-5-13-20/h3-14,27H,16H2,1-2H3/b24-22+. The number of para-hydroxylation sites is 1. The van der Waals surface area contributed by atoms with Crippen molar-refractivity contribution >= 4 is 38.9 Å². The number of anilines is 1. The van der Waals surface area contributed by atoms with Crippen molar-refractivity contribution in [3.8, 4) is 6.07 Å². The number of rotatable bonds is 7. The van der Waals surface area contributed by atoms with E-state index in [1.165, 1.54) is 23.9 Å². The molecule has 0 unspecified atom stereocenters. The maximum absolute atomic E-state index is 13.3. The average molecular weight is 469 g/mol. The molecule has 0 aliphatic carbocycles. The van der Waals surface area contributed by atoms with Crippen molar-refractivity contribution in [2.24, 2.45) is 0 Å². The molecule has 0 atom stereocenters. The van der Waals surface area contributed by atoms with Crippen molar-refractivity contribution in [3.63, 3.8) is 0 Å². The van der Waals surface area contributed by atoms with Gasteiger partial charge in [-0.15, -0.1) is 11.8 Å².